The van der Waals surface area contributed by atoms with E-state index in [9.17, 15) is 5.11 Å². The van der Waals surface area contributed by atoms with Gasteiger partial charge in [0.15, 0.2) is 0 Å². The van der Waals surface area contributed by atoms with Crippen LogP contribution in [0.15, 0.2) is 24.3 Å². The first-order chi connectivity index (χ1) is 7.25. The molecular weight excluding hydrogens is 186 g/mol. The molecule has 1 heterocycles. The summed E-state index contributed by atoms with van der Waals surface area (Å²) in [4.78, 5) is 0. The van der Waals surface area contributed by atoms with E-state index in [1.807, 2.05) is 12.1 Å². The van der Waals surface area contributed by atoms with Crippen molar-refractivity contribution in [3.63, 3.8) is 0 Å². The van der Waals surface area contributed by atoms with Gasteiger partial charge in [-0.3, -0.25) is 0 Å². The predicted molar refractivity (Wildman–Crippen MR) is 60.4 cm³/mol. The molecule has 15 heavy (non-hydrogen) atoms. The molecule has 2 nitrogen and oxygen atoms in total. The van der Waals surface area contributed by atoms with Gasteiger partial charge in [-0.25, -0.2) is 0 Å². The second-order valence-electron chi connectivity index (χ2n) is 3.97. The minimum Gasteiger partial charge on any atom is -0.390 e. The number of hydrogen-bond acceptors (Lipinski definition) is 2. The Hall–Kier alpha value is -1.30. The maximum absolute atomic E-state index is 9.56. The summed E-state index contributed by atoms with van der Waals surface area (Å²) >= 11 is 0. The normalized spacial score (nSPS) is 24.7. The molecule has 0 aromatic heterocycles. The Morgan fingerprint density at radius 2 is 2.27 bits per heavy atom. The van der Waals surface area contributed by atoms with Crippen LogP contribution in [0.3, 0.4) is 0 Å². The Balaban J connectivity index is 2.11. The first-order valence-electron chi connectivity index (χ1n) is 5.23. The smallest absolute Gasteiger partial charge is 0.0814 e. The van der Waals surface area contributed by atoms with E-state index < -0.39 is 0 Å². The summed E-state index contributed by atoms with van der Waals surface area (Å²) in [5.74, 6) is 6.29. The monoisotopic (exact) mass is 201 g/mol. The van der Waals surface area contributed by atoms with Crippen molar-refractivity contribution in [3.05, 3.63) is 35.4 Å². The zero-order valence-electron chi connectivity index (χ0n) is 8.83. The zero-order valence-corrected chi connectivity index (χ0v) is 8.83. The molecule has 0 saturated carbocycles. The van der Waals surface area contributed by atoms with Crippen molar-refractivity contribution in [1.29, 1.82) is 0 Å². The van der Waals surface area contributed by atoms with Crippen LogP contribution < -0.4 is 5.32 Å². The van der Waals surface area contributed by atoms with Crippen molar-refractivity contribution >= 4 is 0 Å². The fraction of sp³-hybridized carbons (Fsp3) is 0.385. The highest BCUT2D eigenvalue weighted by Crippen LogP contribution is 2.08. The average molecular weight is 201 g/mol. The quantitative estimate of drug-likeness (QED) is 0.612. The van der Waals surface area contributed by atoms with Crippen LogP contribution >= 0.6 is 0 Å². The largest absolute Gasteiger partial charge is 0.390 e. The molecule has 0 unspecified atom stereocenters. The number of hydrogen-bond donors (Lipinski definition) is 2. The van der Waals surface area contributed by atoms with Crippen LogP contribution in [0.1, 0.15) is 11.1 Å². The lowest BCUT2D eigenvalue weighted by molar-refractivity contribution is 0.171. The molecule has 0 bridgehead atoms. The van der Waals surface area contributed by atoms with Gasteiger partial charge >= 0.3 is 0 Å². The highest BCUT2D eigenvalue weighted by molar-refractivity contribution is 5.37. The third kappa shape index (κ3) is 2.59. The van der Waals surface area contributed by atoms with Gasteiger partial charge in [0.2, 0.25) is 0 Å². The second kappa shape index (κ2) is 4.48. The Kier molecular flexibility index (Phi) is 3.05. The Bertz CT molecular complexity index is 402. The number of benzene rings is 1. The van der Waals surface area contributed by atoms with Gasteiger partial charge in [-0.1, -0.05) is 24.0 Å². The molecule has 1 aromatic carbocycles. The molecule has 2 heteroatoms. The minimum absolute atomic E-state index is 0.0745. The molecule has 1 aliphatic heterocycles. The van der Waals surface area contributed by atoms with Gasteiger partial charge in [0.25, 0.3) is 0 Å². The van der Waals surface area contributed by atoms with Crippen LogP contribution in [0, 0.1) is 24.7 Å². The predicted octanol–water partition coefficient (Wildman–Crippen LogP) is 0.927. The average Bonchev–Trinajstić information content (AvgIpc) is 2.61. The van der Waals surface area contributed by atoms with E-state index in [1.54, 1.807) is 0 Å². The molecule has 1 aliphatic rings. The van der Waals surface area contributed by atoms with Crippen LogP contribution in [0.2, 0.25) is 0 Å². The van der Waals surface area contributed by atoms with E-state index in [1.165, 1.54) is 5.56 Å². The van der Waals surface area contributed by atoms with Crippen LogP contribution in [0.5, 0.6) is 0 Å². The molecular formula is C13H15NO. The van der Waals surface area contributed by atoms with E-state index in [0.717, 1.165) is 12.1 Å². The van der Waals surface area contributed by atoms with Gasteiger partial charge in [0.05, 0.1) is 12.0 Å². The maximum Gasteiger partial charge on any atom is 0.0814 e. The lowest BCUT2D eigenvalue weighted by Crippen LogP contribution is -2.16. The molecule has 2 atom stereocenters. The first kappa shape index (κ1) is 10.2. The SMILES string of the molecule is Cc1cccc(C#C[C@@H]2CNC[C@H]2O)c1. The van der Waals surface area contributed by atoms with Gasteiger partial charge in [0.1, 0.15) is 0 Å². The lowest BCUT2D eigenvalue weighted by Gasteiger charge is -2.03. The second-order valence-corrected chi connectivity index (χ2v) is 3.97. The minimum atomic E-state index is -0.317. The molecule has 0 radical (unpaired) electrons. The summed E-state index contributed by atoms with van der Waals surface area (Å²) in [7, 11) is 0. The van der Waals surface area contributed by atoms with Crippen LogP contribution in [-0.2, 0) is 0 Å². The maximum atomic E-state index is 9.56. The molecule has 1 aromatic rings. The number of β-amino-alcohol motifs (C(OH)–C–C–N with tert-alkyl or cyclic N) is 1. The standard InChI is InChI=1S/C13H15NO/c1-10-3-2-4-11(7-10)5-6-12-8-14-9-13(12)15/h2-4,7,12-15H,8-9H2,1H3/t12-,13-/m1/s1. The highest BCUT2D eigenvalue weighted by Gasteiger charge is 2.22. The molecule has 0 amide bonds. The molecule has 0 spiro atoms. The van der Waals surface area contributed by atoms with E-state index in [4.69, 9.17) is 0 Å². The summed E-state index contributed by atoms with van der Waals surface area (Å²) in [5, 5.41) is 12.7. The molecule has 1 fully saturated rings. The van der Waals surface area contributed by atoms with E-state index in [0.29, 0.717) is 6.54 Å². The summed E-state index contributed by atoms with van der Waals surface area (Å²) in [6.07, 6.45) is -0.317. The van der Waals surface area contributed by atoms with E-state index >= 15 is 0 Å². The van der Waals surface area contributed by atoms with Crippen LogP contribution in [0.4, 0.5) is 0 Å². The summed E-state index contributed by atoms with van der Waals surface area (Å²) in [6, 6.07) is 8.11. The van der Waals surface area contributed by atoms with Gasteiger partial charge in [-0.05, 0) is 24.6 Å². The number of aliphatic hydroxyl groups excluding tert-OH is 1. The molecule has 2 N–H and O–H groups in total. The number of aliphatic hydroxyl groups is 1. The Morgan fingerprint density at radius 3 is 2.93 bits per heavy atom. The van der Waals surface area contributed by atoms with E-state index in [-0.39, 0.29) is 12.0 Å². The van der Waals surface area contributed by atoms with Crippen molar-refractivity contribution in [2.45, 2.75) is 13.0 Å². The molecule has 0 aliphatic carbocycles. The third-order valence-electron chi connectivity index (χ3n) is 2.60. The first-order valence-corrected chi connectivity index (χ1v) is 5.23. The van der Waals surface area contributed by atoms with E-state index in [2.05, 4.69) is 36.2 Å². The van der Waals surface area contributed by atoms with Gasteiger partial charge in [-0.2, -0.15) is 0 Å². The van der Waals surface area contributed by atoms with Gasteiger partial charge < -0.3 is 10.4 Å². The molecule has 1 saturated heterocycles. The third-order valence-corrected chi connectivity index (χ3v) is 2.60. The van der Waals surface area contributed by atoms with Gasteiger partial charge in [-0.15, -0.1) is 0 Å². The topological polar surface area (TPSA) is 32.3 Å². The number of nitrogens with one attached hydrogen (secondary N) is 1. The van der Waals surface area contributed by atoms with Crippen LogP contribution in [-0.4, -0.2) is 24.3 Å². The molecule has 78 valence electrons. The highest BCUT2D eigenvalue weighted by atomic mass is 16.3. The molecule has 2 rings (SSSR count). The van der Waals surface area contributed by atoms with Crippen molar-refractivity contribution in [2.75, 3.05) is 13.1 Å². The number of aryl methyl sites for hydroxylation is 1. The van der Waals surface area contributed by atoms with Crippen LogP contribution in [0.25, 0.3) is 0 Å². The van der Waals surface area contributed by atoms with Crippen molar-refractivity contribution in [1.82, 2.24) is 5.32 Å². The van der Waals surface area contributed by atoms with Crippen molar-refractivity contribution in [2.24, 2.45) is 5.92 Å². The van der Waals surface area contributed by atoms with Gasteiger partial charge in [0, 0.05) is 18.7 Å². The Labute approximate surface area is 90.3 Å². The summed E-state index contributed by atoms with van der Waals surface area (Å²) in [6.45, 7) is 3.50. The van der Waals surface area contributed by atoms with Crippen molar-refractivity contribution in [3.8, 4) is 11.8 Å². The fourth-order valence-electron chi connectivity index (χ4n) is 1.71. The zero-order chi connectivity index (χ0) is 10.7. The summed E-state index contributed by atoms with van der Waals surface area (Å²) < 4.78 is 0. The summed E-state index contributed by atoms with van der Waals surface area (Å²) in [5.41, 5.74) is 2.24. The lowest BCUT2D eigenvalue weighted by atomic mass is 10.1. The fourth-order valence-corrected chi connectivity index (χ4v) is 1.71. The van der Waals surface area contributed by atoms with Crippen molar-refractivity contribution < 1.29 is 5.11 Å². The number of rotatable bonds is 0. The Morgan fingerprint density at radius 1 is 1.40 bits per heavy atom.